The van der Waals surface area contributed by atoms with Crippen LogP contribution in [0.3, 0.4) is 0 Å². The van der Waals surface area contributed by atoms with Crippen molar-refractivity contribution in [2.75, 3.05) is 11.9 Å². The molecular weight excluding hydrogens is 242 g/mol. The first-order valence-electron chi connectivity index (χ1n) is 5.21. The molecule has 0 radical (unpaired) electrons. The van der Waals surface area contributed by atoms with Gasteiger partial charge in [-0.1, -0.05) is 0 Å². The molecule has 0 aliphatic heterocycles. The number of nitrogens with zero attached hydrogens (tertiary/aromatic N) is 2. The molecule has 8 nitrogen and oxygen atoms in total. The van der Waals surface area contributed by atoms with E-state index in [0.717, 1.165) is 12.3 Å². The Kier molecular flexibility index (Phi) is 4.55. The molecule has 1 aromatic heterocycles. The number of nitrogens with one attached hydrogen (secondary N) is 1. The van der Waals surface area contributed by atoms with Crippen LogP contribution in [0.1, 0.15) is 23.7 Å². The first kappa shape index (κ1) is 13.8. The fraction of sp³-hybridized carbons (Fsp3) is 0.400. The van der Waals surface area contributed by atoms with Gasteiger partial charge in [-0.15, -0.1) is 0 Å². The Morgan fingerprint density at radius 2 is 2.33 bits per heavy atom. The number of carboxylic acids is 1. The van der Waals surface area contributed by atoms with E-state index in [1.807, 2.05) is 0 Å². The summed E-state index contributed by atoms with van der Waals surface area (Å²) >= 11 is 0. The summed E-state index contributed by atoms with van der Waals surface area (Å²) in [6, 6.07) is 0.944. The number of aromatic nitrogens is 1. The number of nitro groups is 1. The highest BCUT2D eigenvalue weighted by Crippen LogP contribution is 2.22. The lowest BCUT2D eigenvalue weighted by Gasteiger charge is -2.07. The summed E-state index contributed by atoms with van der Waals surface area (Å²) in [4.78, 5) is 24.4. The molecule has 1 unspecified atom stereocenters. The zero-order valence-electron chi connectivity index (χ0n) is 9.66. The van der Waals surface area contributed by atoms with E-state index in [4.69, 9.17) is 10.2 Å². The summed E-state index contributed by atoms with van der Waals surface area (Å²) in [6.07, 6.45) is 0.911. The van der Waals surface area contributed by atoms with Crippen LogP contribution in [0, 0.1) is 10.1 Å². The van der Waals surface area contributed by atoms with E-state index in [0.29, 0.717) is 13.0 Å². The Morgan fingerprint density at radius 1 is 1.67 bits per heavy atom. The topological polar surface area (TPSA) is 126 Å². The number of aliphatic hydroxyl groups excluding tert-OH is 1. The molecule has 0 spiro atoms. The number of carbonyl (C=O) groups is 1. The number of aromatic carboxylic acids is 1. The van der Waals surface area contributed by atoms with Gasteiger partial charge in [0.1, 0.15) is 0 Å². The van der Waals surface area contributed by atoms with Crippen LogP contribution in [-0.4, -0.2) is 38.7 Å². The molecular formula is C10H13N3O5. The van der Waals surface area contributed by atoms with Crippen molar-refractivity contribution in [2.45, 2.75) is 19.4 Å². The SMILES string of the molecule is CC(O)CCNc1ncc(C(=O)O)cc1[N+](=O)[O-]. The van der Waals surface area contributed by atoms with Crippen LogP contribution in [0.15, 0.2) is 12.3 Å². The normalized spacial score (nSPS) is 11.9. The fourth-order valence-electron chi connectivity index (χ4n) is 1.24. The van der Waals surface area contributed by atoms with Crippen molar-refractivity contribution in [1.29, 1.82) is 0 Å². The number of carboxylic acid groups (broad SMARTS) is 1. The van der Waals surface area contributed by atoms with E-state index in [1.54, 1.807) is 6.92 Å². The van der Waals surface area contributed by atoms with E-state index in [2.05, 4.69) is 10.3 Å². The summed E-state index contributed by atoms with van der Waals surface area (Å²) < 4.78 is 0. The molecule has 0 bridgehead atoms. The molecule has 8 heteroatoms. The van der Waals surface area contributed by atoms with Crippen LogP contribution < -0.4 is 5.32 Å². The van der Waals surface area contributed by atoms with Crippen LogP contribution in [0.4, 0.5) is 11.5 Å². The Balaban J connectivity index is 2.90. The van der Waals surface area contributed by atoms with Gasteiger partial charge in [0.15, 0.2) is 0 Å². The molecule has 1 atom stereocenters. The minimum absolute atomic E-state index is 0.00866. The Labute approximate surface area is 102 Å². The van der Waals surface area contributed by atoms with E-state index >= 15 is 0 Å². The summed E-state index contributed by atoms with van der Waals surface area (Å²) in [5, 5.41) is 31.2. The smallest absolute Gasteiger partial charge is 0.337 e. The van der Waals surface area contributed by atoms with Gasteiger partial charge in [0, 0.05) is 18.8 Å². The van der Waals surface area contributed by atoms with Gasteiger partial charge in [-0.2, -0.15) is 0 Å². The average molecular weight is 255 g/mol. The van der Waals surface area contributed by atoms with Crippen molar-refractivity contribution in [3.05, 3.63) is 27.9 Å². The van der Waals surface area contributed by atoms with Crippen molar-refractivity contribution < 1.29 is 19.9 Å². The minimum Gasteiger partial charge on any atom is -0.478 e. The summed E-state index contributed by atoms with van der Waals surface area (Å²) in [5.41, 5.74) is -0.650. The Morgan fingerprint density at radius 3 is 2.83 bits per heavy atom. The zero-order chi connectivity index (χ0) is 13.7. The van der Waals surface area contributed by atoms with Crippen LogP contribution >= 0.6 is 0 Å². The third-order valence-electron chi connectivity index (χ3n) is 2.17. The van der Waals surface area contributed by atoms with Crippen molar-refractivity contribution >= 4 is 17.5 Å². The minimum atomic E-state index is -1.28. The fourth-order valence-corrected chi connectivity index (χ4v) is 1.24. The molecule has 0 saturated carbocycles. The molecule has 0 saturated heterocycles. The zero-order valence-corrected chi connectivity index (χ0v) is 9.66. The molecule has 0 aromatic carbocycles. The third-order valence-corrected chi connectivity index (χ3v) is 2.17. The predicted octanol–water partition coefficient (Wildman–Crippen LogP) is 0.871. The maximum atomic E-state index is 10.8. The van der Waals surface area contributed by atoms with Gasteiger partial charge in [0.25, 0.3) is 0 Å². The van der Waals surface area contributed by atoms with Crippen molar-refractivity contribution in [2.24, 2.45) is 0 Å². The molecule has 18 heavy (non-hydrogen) atoms. The number of aliphatic hydroxyl groups is 1. The monoisotopic (exact) mass is 255 g/mol. The number of pyridine rings is 1. The second-order valence-electron chi connectivity index (χ2n) is 3.72. The summed E-state index contributed by atoms with van der Waals surface area (Å²) in [6.45, 7) is 1.90. The van der Waals surface area contributed by atoms with Gasteiger partial charge in [-0.05, 0) is 13.3 Å². The van der Waals surface area contributed by atoms with E-state index < -0.39 is 22.7 Å². The molecule has 98 valence electrons. The Bertz CT molecular complexity index is 461. The quantitative estimate of drug-likeness (QED) is 0.508. The maximum Gasteiger partial charge on any atom is 0.337 e. The van der Waals surface area contributed by atoms with E-state index in [1.165, 1.54) is 0 Å². The number of anilines is 1. The lowest BCUT2D eigenvalue weighted by atomic mass is 10.2. The standard InChI is InChI=1S/C10H13N3O5/c1-6(14)2-3-11-9-8(13(17)18)4-7(5-12-9)10(15)16/h4-6,14H,2-3H2,1H3,(H,11,12)(H,15,16). The van der Waals surface area contributed by atoms with Gasteiger partial charge in [-0.3, -0.25) is 10.1 Å². The molecule has 1 heterocycles. The van der Waals surface area contributed by atoms with E-state index in [-0.39, 0.29) is 11.4 Å². The molecule has 0 aliphatic rings. The average Bonchev–Trinajstić information content (AvgIpc) is 2.28. The summed E-state index contributed by atoms with van der Waals surface area (Å²) in [5.74, 6) is -1.29. The highest BCUT2D eigenvalue weighted by atomic mass is 16.6. The van der Waals surface area contributed by atoms with Crippen molar-refractivity contribution in [3.63, 3.8) is 0 Å². The highest BCUT2D eigenvalue weighted by Gasteiger charge is 2.18. The second-order valence-corrected chi connectivity index (χ2v) is 3.72. The van der Waals surface area contributed by atoms with Gasteiger partial charge < -0.3 is 15.5 Å². The van der Waals surface area contributed by atoms with E-state index in [9.17, 15) is 14.9 Å². The number of hydrogen-bond donors (Lipinski definition) is 3. The molecule has 0 amide bonds. The van der Waals surface area contributed by atoms with Crippen molar-refractivity contribution in [1.82, 2.24) is 4.98 Å². The first-order valence-corrected chi connectivity index (χ1v) is 5.21. The number of rotatable bonds is 6. The Hall–Kier alpha value is -2.22. The largest absolute Gasteiger partial charge is 0.478 e. The van der Waals surface area contributed by atoms with Gasteiger partial charge in [0.2, 0.25) is 5.82 Å². The third kappa shape index (κ3) is 3.67. The molecule has 1 aromatic rings. The predicted molar refractivity (Wildman–Crippen MR) is 62.6 cm³/mol. The first-order chi connectivity index (χ1) is 8.41. The highest BCUT2D eigenvalue weighted by molar-refractivity contribution is 5.88. The van der Waals surface area contributed by atoms with Gasteiger partial charge >= 0.3 is 11.7 Å². The molecule has 0 fully saturated rings. The van der Waals surface area contributed by atoms with Gasteiger partial charge in [0.05, 0.1) is 16.6 Å². The molecule has 0 aliphatic carbocycles. The van der Waals surface area contributed by atoms with Crippen molar-refractivity contribution in [3.8, 4) is 0 Å². The lowest BCUT2D eigenvalue weighted by molar-refractivity contribution is -0.384. The maximum absolute atomic E-state index is 10.8. The van der Waals surface area contributed by atoms with Gasteiger partial charge in [-0.25, -0.2) is 9.78 Å². The van der Waals surface area contributed by atoms with Crippen LogP contribution in [-0.2, 0) is 0 Å². The second kappa shape index (κ2) is 5.92. The number of hydrogen-bond acceptors (Lipinski definition) is 6. The summed E-state index contributed by atoms with van der Waals surface area (Å²) in [7, 11) is 0. The lowest BCUT2D eigenvalue weighted by Crippen LogP contribution is -2.12. The van der Waals surface area contributed by atoms with Crippen LogP contribution in [0.2, 0.25) is 0 Å². The molecule has 3 N–H and O–H groups in total. The van der Waals surface area contributed by atoms with Crippen LogP contribution in [0.5, 0.6) is 0 Å². The van der Waals surface area contributed by atoms with Crippen LogP contribution in [0.25, 0.3) is 0 Å². The molecule has 1 rings (SSSR count).